The van der Waals surface area contributed by atoms with Gasteiger partial charge in [0.05, 0.1) is 6.04 Å². The highest BCUT2D eigenvalue weighted by atomic mass is 19.1. The Morgan fingerprint density at radius 1 is 1.10 bits per heavy atom. The molecule has 2 aromatic carbocycles. The first-order valence-electron chi connectivity index (χ1n) is 7.31. The number of nitrogens with one attached hydrogen (secondary N) is 1. The van der Waals surface area contributed by atoms with Crippen LogP contribution in [0.4, 0.5) is 4.39 Å². The summed E-state index contributed by atoms with van der Waals surface area (Å²) in [6, 6.07) is 13.1. The van der Waals surface area contributed by atoms with Gasteiger partial charge in [0.2, 0.25) is 0 Å². The number of halogens is 1. The smallest absolute Gasteiger partial charge is 0.123 e. The molecule has 0 spiro atoms. The van der Waals surface area contributed by atoms with E-state index >= 15 is 0 Å². The fourth-order valence-electron chi connectivity index (χ4n) is 2.69. The molecule has 1 unspecified atom stereocenters. The number of rotatable bonds is 5. The molecule has 3 N–H and O–H groups in total. The zero-order chi connectivity index (χ0) is 15.4. The Kier molecular flexibility index (Phi) is 5.10. The lowest BCUT2D eigenvalue weighted by molar-refractivity contribution is 0.602. The van der Waals surface area contributed by atoms with Crippen molar-refractivity contribution < 1.29 is 4.39 Å². The Bertz CT molecular complexity index is 588. The highest BCUT2D eigenvalue weighted by Crippen LogP contribution is 2.24. The predicted molar refractivity (Wildman–Crippen MR) is 85.3 cm³/mol. The summed E-state index contributed by atoms with van der Waals surface area (Å²) < 4.78 is 13.6. The van der Waals surface area contributed by atoms with Crippen LogP contribution in [-0.2, 0) is 6.42 Å². The van der Waals surface area contributed by atoms with Crippen LogP contribution < -0.4 is 11.3 Å². The van der Waals surface area contributed by atoms with Crippen LogP contribution in [-0.4, -0.2) is 0 Å². The molecule has 0 aliphatic carbocycles. The monoisotopic (exact) mass is 286 g/mol. The first kappa shape index (κ1) is 15.7. The molecule has 2 nitrogen and oxygen atoms in total. The van der Waals surface area contributed by atoms with Crippen LogP contribution in [0.1, 0.15) is 42.1 Å². The Hall–Kier alpha value is -1.71. The van der Waals surface area contributed by atoms with E-state index in [1.165, 1.54) is 17.7 Å². The second kappa shape index (κ2) is 6.83. The Balaban J connectivity index is 2.36. The summed E-state index contributed by atoms with van der Waals surface area (Å²) in [5, 5.41) is 0. The second-order valence-electron chi connectivity index (χ2n) is 6.00. The van der Waals surface area contributed by atoms with Gasteiger partial charge in [-0.25, -0.2) is 9.82 Å². The van der Waals surface area contributed by atoms with E-state index in [0.29, 0.717) is 5.92 Å². The summed E-state index contributed by atoms with van der Waals surface area (Å²) >= 11 is 0. The maximum atomic E-state index is 13.6. The molecule has 2 aromatic rings. The SMILES string of the molecule is Cc1cc(F)cc(C(NN)c2cccc(CC(C)C)c2)c1. The summed E-state index contributed by atoms with van der Waals surface area (Å²) in [5.41, 5.74) is 6.87. The molecular weight excluding hydrogens is 263 g/mol. The first-order chi connectivity index (χ1) is 9.99. The maximum absolute atomic E-state index is 13.6. The topological polar surface area (TPSA) is 38.0 Å². The van der Waals surface area contributed by atoms with Crippen molar-refractivity contribution in [3.05, 3.63) is 70.5 Å². The summed E-state index contributed by atoms with van der Waals surface area (Å²) in [6.45, 7) is 6.28. The molecule has 0 fully saturated rings. The van der Waals surface area contributed by atoms with Crippen LogP contribution in [0.5, 0.6) is 0 Å². The van der Waals surface area contributed by atoms with Crippen molar-refractivity contribution in [2.24, 2.45) is 11.8 Å². The van der Waals surface area contributed by atoms with Gasteiger partial charge in [0, 0.05) is 0 Å². The third-order valence-electron chi connectivity index (χ3n) is 3.49. The molecule has 1 atom stereocenters. The van der Waals surface area contributed by atoms with Crippen LogP contribution in [0.15, 0.2) is 42.5 Å². The van der Waals surface area contributed by atoms with E-state index in [4.69, 9.17) is 5.84 Å². The molecule has 0 heterocycles. The molecule has 0 radical (unpaired) electrons. The van der Waals surface area contributed by atoms with Crippen molar-refractivity contribution >= 4 is 0 Å². The van der Waals surface area contributed by atoms with Gasteiger partial charge in [0.1, 0.15) is 5.82 Å². The van der Waals surface area contributed by atoms with Gasteiger partial charge in [-0.05, 0) is 53.6 Å². The van der Waals surface area contributed by atoms with Crippen LogP contribution in [0.3, 0.4) is 0 Å². The van der Waals surface area contributed by atoms with E-state index in [1.807, 2.05) is 25.1 Å². The average molecular weight is 286 g/mol. The minimum atomic E-state index is -0.233. The lowest BCUT2D eigenvalue weighted by Crippen LogP contribution is -2.29. The molecule has 2 rings (SSSR count). The van der Waals surface area contributed by atoms with Gasteiger partial charge in [-0.1, -0.05) is 44.2 Å². The zero-order valence-corrected chi connectivity index (χ0v) is 12.9. The van der Waals surface area contributed by atoms with Crippen molar-refractivity contribution in [2.75, 3.05) is 0 Å². The molecule has 0 aliphatic heterocycles. The zero-order valence-electron chi connectivity index (χ0n) is 12.9. The molecule has 0 amide bonds. The van der Waals surface area contributed by atoms with Gasteiger partial charge >= 0.3 is 0 Å². The predicted octanol–water partition coefficient (Wildman–Crippen LogP) is 3.89. The highest BCUT2D eigenvalue weighted by Gasteiger charge is 2.14. The van der Waals surface area contributed by atoms with Crippen LogP contribution in [0, 0.1) is 18.7 Å². The van der Waals surface area contributed by atoms with Gasteiger partial charge in [-0.15, -0.1) is 0 Å². The maximum Gasteiger partial charge on any atom is 0.123 e. The van der Waals surface area contributed by atoms with E-state index in [1.54, 1.807) is 0 Å². The lowest BCUT2D eigenvalue weighted by Gasteiger charge is -2.19. The number of hydrogen-bond donors (Lipinski definition) is 2. The minimum Gasteiger partial charge on any atom is -0.271 e. The Morgan fingerprint density at radius 3 is 2.48 bits per heavy atom. The second-order valence-corrected chi connectivity index (χ2v) is 6.00. The molecule has 112 valence electrons. The number of nitrogens with two attached hydrogens (primary N) is 1. The van der Waals surface area contributed by atoms with Crippen LogP contribution >= 0.6 is 0 Å². The van der Waals surface area contributed by atoms with E-state index in [-0.39, 0.29) is 11.9 Å². The third kappa shape index (κ3) is 4.13. The van der Waals surface area contributed by atoms with Crippen LogP contribution in [0.25, 0.3) is 0 Å². The van der Waals surface area contributed by atoms with Crippen molar-refractivity contribution in [1.82, 2.24) is 5.43 Å². The standard InChI is InChI=1S/C18H23FN2/c1-12(2)7-14-5-4-6-15(10-14)18(21-20)16-8-13(3)9-17(19)11-16/h4-6,8-12,18,21H,7,20H2,1-3H3. The number of benzene rings is 2. The number of aryl methyl sites for hydroxylation is 1. The summed E-state index contributed by atoms with van der Waals surface area (Å²) in [7, 11) is 0. The van der Waals surface area contributed by atoms with Crippen molar-refractivity contribution in [3.8, 4) is 0 Å². The summed E-state index contributed by atoms with van der Waals surface area (Å²) in [5.74, 6) is 6.08. The number of hydrazine groups is 1. The van der Waals surface area contributed by atoms with Gasteiger partial charge in [-0.2, -0.15) is 0 Å². The van der Waals surface area contributed by atoms with Crippen molar-refractivity contribution in [2.45, 2.75) is 33.2 Å². The summed E-state index contributed by atoms with van der Waals surface area (Å²) in [4.78, 5) is 0. The molecular formula is C18H23FN2. The Labute approximate surface area is 126 Å². The van der Waals surface area contributed by atoms with Gasteiger partial charge in [0.25, 0.3) is 0 Å². The van der Waals surface area contributed by atoms with Crippen molar-refractivity contribution in [1.29, 1.82) is 0 Å². The fraction of sp³-hybridized carbons (Fsp3) is 0.333. The van der Waals surface area contributed by atoms with E-state index in [2.05, 4.69) is 31.4 Å². The van der Waals surface area contributed by atoms with E-state index in [9.17, 15) is 4.39 Å². The molecule has 3 heteroatoms. The Morgan fingerprint density at radius 2 is 1.86 bits per heavy atom. The van der Waals surface area contributed by atoms with Crippen LogP contribution in [0.2, 0.25) is 0 Å². The van der Waals surface area contributed by atoms with Gasteiger partial charge < -0.3 is 0 Å². The molecule has 0 saturated heterocycles. The van der Waals surface area contributed by atoms with Crippen molar-refractivity contribution in [3.63, 3.8) is 0 Å². The quantitative estimate of drug-likeness (QED) is 0.646. The largest absolute Gasteiger partial charge is 0.271 e. The van der Waals surface area contributed by atoms with Gasteiger partial charge in [0.15, 0.2) is 0 Å². The van der Waals surface area contributed by atoms with E-state index < -0.39 is 0 Å². The first-order valence-corrected chi connectivity index (χ1v) is 7.31. The molecule has 0 saturated carbocycles. The minimum absolute atomic E-state index is 0.202. The van der Waals surface area contributed by atoms with Gasteiger partial charge in [-0.3, -0.25) is 5.84 Å². The van der Waals surface area contributed by atoms with E-state index in [0.717, 1.165) is 23.1 Å². The molecule has 0 aromatic heterocycles. The highest BCUT2D eigenvalue weighted by molar-refractivity contribution is 5.36. The average Bonchev–Trinajstić information content (AvgIpc) is 2.38. The normalized spacial score (nSPS) is 12.7. The molecule has 0 aliphatic rings. The molecule has 0 bridgehead atoms. The third-order valence-corrected chi connectivity index (χ3v) is 3.49. The summed E-state index contributed by atoms with van der Waals surface area (Å²) in [6.07, 6.45) is 1.02. The lowest BCUT2D eigenvalue weighted by atomic mass is 9.94. The molecule has 21 heavy (non-hydrogen) atoms. The fourth-order valence-corrected chi connectivity index (χ4v) is 2.69. The number of hydrogen-bond acceptors (Lipinski definition) is 2.